The number of rotatable bonds is 9. The minimum atomic E-state index is -0.797. The van der Waals surface area contributed by atoms with E-state index in [9.17, 15) is 4.79 Å². The van der Waals surface area contributed by atoms with Crippen LogP contribution in [0.4, 0.5) is 0 Å². The maximum Gasteiger partial charge on any atom is 0.303 e. The van der Waals surface area contributed by atoms with Gasteiger partial charge < -0.3 is 14.6 Å². The van der Waals surface area contributed by atoms with Crippen LogP contribution in [0.15, 0.2) is 12.7 Å². The molecule has 0 radical (unpaired) electrons. The predicted octanol–water partition coefficient (Wildman–Crippen LogP) is 1.81. The topological polar surface area (TPSA) is 55.8 Å². The first-order chi connectivity index (χ1) is 6.70. The lowest BCUT2D eigenvalue weighted by Gasteiger charge is -2.15. The molecule has 0 unspecified atom stereocenters. The maximum atomic E-state index is 10.3. The molecule has 0 aromatic rings. The van der Waals surface area contributed by atoms with Crippen LogP contribution in [-0.4, -0.2) is 31.1 Å². The third-order valence-electron chi connectivity index (χ3n) is 1.79. The van der Waals surface area contributed by atoms with E-state index in [0.29, 0.717) is 6.42 Å². The molecule has 0 aromatic heterocycles. The second-order valence-electron chi connectivity index (χ2n) is 2.99. The molecule has 1 atom stereocenters. The highest BCUT2D eigenvalue weighted by Crippen LogP contribution is 2.10. The van der Waals surface area contributed by atoms with E-state index in [-0.39, 0.29) is 19.3 Å². The molecule has 0 aliphatic heterocycles. The molecule has 0 amide bonds. The van der Waals surface area contributed by atoms with Crippen LogP contribution < -0.4 is 0 Å². The van der Waals surface area contributed by atoms with Gasteiger partial charge in [0.2, 0.25) is 0 Å². The first-order valence-electron chi connectivity index (χ1n) is 4.64. The van der Waals surface area contributed by atoms with Crippen molar-refractivity contribution in [2.45, 2.75) is 31.8 Å². The van der Waals surface area contributed by atoms with Crippen molar-refractivity contribution >= 4 is 5.97 Å². The van der Waals surface area contributed by atoms with Gasteiger partial charge in [0, 0.05) is 13.5 Å². The first kappa shape index (κ1) is 13.1. The van der Waals surface area contributed by atoms with E-state index in [1.54, 1.807) is 13.2 Å². The summed E-state index contributed by atoms with van der Waals surface area (Å²) in [6, 6.07) is 0. The largest absolute Gasteiger partial charge is 0.481 e. The number of carboxylic acid groups (broad SMARTS) is 1. The van der Waals surface area contributed by atoms with Crippen molar-refractivity contribution in [1.82, 2.24) is 0 Å². The zero-order chi connectivity index (χ0) is 10.8. The summed E-state index contributed by atoms with van der Waals surface area (Å²) in [7, 11) is 1.54. The molecular formula is C10H18O4. The molecule has 0 saturated carbocycles. The van der Waals surface area contributed by atoms with Gasteiger partial charge in [0.25, 0.3) is 0 Å². The molecule has 0 aliphatic rings. The van der Waals surface area contributed by atoms with Crippen LogP contribution in [0.25, 0.3) is 0 Å². The van der Waals surface area contributed by atoms with Crippen LogP contribution in [0, 0.1) is 0 Å². The van der Waals surface area contributed by atoms with E-state index < -0.39 is 5.97 Å². The Morgan fingerprint density at radius 2 is 2.29 bits per heavy atom. The molecule has 4 nitrogen and oxygen atoms in total. The summed E-state index contributed by atoms with van der Waals surface area (Å²) in [5, 5.41) is 8.51. The molecule has 82 valence electrons. The monoisotopic (exact) mass is 202 g/mol. The summed E-state index contributed by atoms with van der Waals surface area (Å²) in [4.78, 5) is 10.3. The highest BCUT2D eigenvalue weighted by molar-refractivity contribution is 5.66. The highest BCUT2D eigenvalue weighted by Gasteiger charge is 2.10. The minimum Gasteiger partial charge on any atom is -0.481 e. The van der Waals surface area contributed by atoms with E-state index in [0.717, 1.165) is 12.8 Å². The molecule has 0 heterocycles. The number of carboxylic acids is 1. The quantitative estimate of drug-likeness (QED) is 0.457. The van der Waals surface area contributed by atoms with Crippen molar-refractivity contribution in [3.05, 3.63) is 12.7 Å². The number of ether oxygens (including phenoxy) is 2. The Kier molecular flexibility index (Phi) is 8.17. The van der Waals surface area contributed by atoms with Crippen molar-refractivity contribution in [2.75, 3.05) is 13.9 Å². The van der Waals surface area contributed by atoms with E-state index in [1.807, 2.05) is 0 Å². The fourth-order valence-corrected chi connectivity index (χ4v) is 1.06. The molecule has 0 aliphatic carbocycles. The fraction of sp³-hybridized carbons (Fsp3) is 0.700. The standard InChI is InChI=1S/C10H18O4/c1-3-4-5-9(14-8-13-2)6-7-10(11)12/h3,9H,1,4-8H2,2H3,(H,11,12)/t9-/m1/s1. The van der Waals surface area contributed by atoms with E-state index in [2.05, 4.69) is 6.58 Å². The summed E-state index contributed by atoms with van der Waals surface area (Å²) in [5.41, 5.74) is 0. The summed E-state index contributed by atoms with van der Waals surface area (Å²) in [6.07, 6.45) is 4.01. The Labute approximate surface area is 84.5 Å². The SMILES string of the molecule is C=CCC[C@H](CCC(=O)O)OCOC. The Morgan fingerprint density at radius 3 is 2.79 bits per heavy atom. The van der Waals surface area contributed by atoms with E-state index >= 15 is 0 Å². The summed E-state index contributed by atoms with van der Waals surface area (Å²) in [5.74, 6) is -0.797. The average Bonchev–Trinajstić information content (AvgIpc) is 2.16. The zero-order valence-corrected chi connectivity index (χ0v) is 8.57. The number of carbonyl (C=O) groups is 1. The van der Waals surface area contributed by atoms with Gasteiger partial charge in [-0.15, -0.1) is 6.58 Å². The molecular weight excluding hydrogens is 184 g/mol. The summed E-state index contributed by atoms with van der Waals surface area (Å²) in [6.45, 7) is 3.81. The van der Waals surface area contributed by atoms with Gasteiger partial charge in [-0.25, -0.2) is 0 Å². The van der Waals surface area contributed by atoms with Gasteiger partial charge in [-0.3, -0.25) is 4.79 Å². The fourth-order valence-electron chi connectivity index (χ4n) is 1.06. The third-order valence-corrected chi connectivity index (χ3v) is 1.79. The van der Waals surface area contributed by atoms with Crippen molar-refractivity contribution in [3.8, 4) is 0 Å². The van der Waals surface area contributed by atoms with Gasteiger partial charge >= 0.3 is 5.97 Å². The van der Waals surface area contributed by atoms with Gasteiger partial charge in [0.15, 0.2) is 0 Å². The van der Waals surface area contributed by atoms with Gasteiger partial charge in [0.05, 0.1) is 6.10 Å². The van der Waals surface area contributed by atoms with Crippen LogP contribution in [0.5, 0.6) is 0 Å². The number of aliphatic carboxylic acids is 1. The Hall–Kier alpha value is -0.870. The summed E-state index contributed by atoms with van der Waals surface area (Å²) < 4.78 is 10.1. The molecule has 0 spiro atoms. The van der Waals surface area contributed by atoms with Crippen molar-refractivity contribution in [1.29, 1.82) is 0 Å². The predicted molar refractivity (Wildman–Crippen MR) is 53.0 cm³/mol. The van der Waals surface area contributed by atoms with E-state index in [4.69, 9.17) is 14.6 Å². The van der Waals surface area contributed by atoms with Crippen LogP contribution in [0.3, 0.4) is 0 Å². The van der Waals surface area contributed by atoms with Crippen molar-refractivity contribution in [3.63, 3.8) is 0 Å². The van der Waals surface area contributed by atoms with Gasteiger partial charge in [-0.05, 0) is 19.3 Å². The molecule has 0 saturated heterocycles. The number of methoxy groups -OCH3 is 1. The Morgan fingerprint density at radius 1 is 1.57 bits per heavy atom. The van der Waals surface area contributed by atoms with Crippen LogP contribution in [0.1, 0.15) is 25.7 Å². The van der Waals surface area contributed by atoms with Crippen LogP contribution >= 0.6 is 0 Å². The molecule has 0 fully saturated rings. The number of allylic oxidation sites excluding steroid dienone is 1. The molecule has 0 rings (SSSR count). The second kappa shape index (κ2) is 8.72. The lowest BCUT2D eigenvalue weighted by molar-refractivity contribution is -0.138. The summed E-state index contributed by atoms with van der Waals surface area (Å²) >= 11 is 0. The normalized spacial score (nSPS) is 12.4. The maximum absolute atomic E-state index is 10.3. The van der Waals surface area contributed by atoms with Crippen molar-refractivity contribution in [2.24, 2.45) is 0 Å². The van der Waals surface area contributed by atoms with Crippen LogP contribution in [-0.2, 0) is 14.3 Å². The number of hydrogen-bond donors (Lipinski definition) is 1. The molecule has 14 heavy (non-hydrogen) atoms. The molecule has 0 aromatic carbocycles. The lowest BCUT2D eigenvalue weighted by atomic mass is 10.1. The smallest absolute Gasteiger partial charge is 0.303 e. The highest BCUT2D eigenvalue weighted by atomic mass is 16.7. The van der Waals surface area contributed by atoms with Crippen LogP contribution in [0.2, 0.25) is 0 Å². The van der Waals surface area contributed by atoms with Gasteiger partial charge in [0.1, 0.15) is 6.79 Å². The number of hydrogen-bond acceptors (Lipinski definition) is 3. The Balaban J connectivity index is 3.70. The Bertz CT molecular complexity index is 168. The average molecular weight is 202 g/mol. The van der Waals surface area contributed by atoms with Gasteiger partial charge in [-0.1, -0.05) is 6.08 Å². The zero-order valence-electron chi connectivity index (χ0n) is 8.57. The first-order valence-corrected chi connectivity index (χ1v) is 4.64. The minimum absolute atomic E-state index is 0.0518. The molecule has 0 bridgehead atoms. The molecule has 4 heteroatoms. The van der Waals surface area contributed by atoms with Gasteiger partial charge in [-0.2, -0.15) is 0 Å². The molecule has 1 N–H and O–H groups in total. The second-order valence-corrected chi connectivity index (χ2v) is 2.99. The third kappa shape index (κ3) is 7.76. The van der Waals surface area contributed by atoms with Crippen molar-refractivity contribution < 1.29 is 19.4 Å². The van der Waals surface area contributed by atoms with E-state index in [1.165, 1.54) is 0 Å². The lowest BCUT2D eigenvalue weighted by Crippen LogP contribution is -2.16.